The van der Waals surface area contributed by atoms with Crippen LogP contribution < -0.4 is 0 Å². The van der Waals surface area contributed by atoms with Crippen molar-refractivity contribution in [1.82, 2.24) is 4.57 Å². The summed E-state index contributed by atoms with van der Waals surface area (Å²) in [6.07, 6.45) is 1.08. The fraction of sp³-hybridized carbons (Fsp3) is 0.250. The van der Waals surface area contributed by atoms with Crippen molar-refractivity contribution in [2.24, 2.45) is 5.92 Å². The molecule has 1 nitrogen and oxygen atoms in total. The van der Waals surface area contributed by atoms with Crippen molar-refractivity contribution in [2.45, 2.75) is 46.5 Å². The lowest BCUT2D eigenvalue weighted by Gasteiger charge is -2.23. The molecule has 0 amide bonds. The predicted octanol–water partition coefficient (Wildman–Crippen LogP) is 9.52. The highest BCUT2D eigenvalue weighted by atomic mass is 32.1. The molecule has 2 heteroatoms. The molecule has 0 aliphatic heterocycles. The molecule has 0 aliphatic carbocycles. The highest BCUT2D eigenvalue weighted by Crippen LogP contribution is 2.44. The monoisotopic (exact) mass is 463 g/mol. The Bertz CT molecular complexity index is 1410. The van der Waals surface area contributed by atoms with Gasteiger partial charge >= 0.3 is 0 Å². The second kappa shape index (κ2) is 8.92. The Morgan fingerprint density at radius 2 is 1.56 bits per heavy atom. The molecule has 0 fully saturated rings. The average Bonchev–Trinajstić information content (AvgIpc) is 3.44. The molecule has 34 heavy (non-hydrogen) atoms. The maximum Gasteiger partial charge on any atom is 0.0627 e. The summed E-state index contributed by atoms with van der Waals surface area (Å²) < 4.78 is 2.50. The van der Waals surface area contributed by atoms with Gasteiger partial charge in [0.15, 0.2) is 0 Å². The van der Waals surface area contributed by atoms with Crippen molar-refractivity contribution in [3.8, 4) is 27.4 Å². The van der Waals surface area contributed by atoms with Crippen LogP contribution in [0.15, 0.2) is 90.3 Å². The maximum absolute atomic E-state index is 2.50. The number of benzene rings is 3. The van der Waals surface area contributed by atoms with Gasteiger partial charge in [-0.05, 0) is 64.1 Å². The van der Waals surface area contributed by atoms with E-state index in [9.17, 15) is 0 Å². The molecule has 2 aromatic heterocycles. The number of thiophene rings is 1. The van der Waals surface area contributed by atoms with Crippen LogP contribution in [0.3, 0.4) is 0 Å². The SMILES string of the molecule is CC(C)Cc1cc(-n2c(-c3ccccc3)c(-c3cccs3)c3ccccc32)cc(C(C)(C)C)c1. The van der Waals surface area contributed by atoms with Crippen molar-refractivity contribution in [3.05, 3.63) is 101 Å². The number of hydrogen-bond acceptors (Lipinski definition) is 1. The van der Waals surface area contributed by atoms with E-state index in [0.29, 0.717) is 5.92 Å². The third-order valence-corrected chi connectivity index (χ3v) is 7.32. The predicted molar refractivity (Wildman–Crippen MR) is 149 cm³/mol. The molecule has 0 radical (unpaired) electrons. The van der Waals surface area contributed by atoms with Crippen molar-refractivity contribution >= 4 is 22.2 Å². The molecular formula is C32H33NS. The molecule has 0 bridgehead atoms. The molecule has 5 rings (SSSR count). The van der Waals surface area contributed by atoms with Gasteiger partial charge in [-0.2, -0.15) is 0 Å². The average molecular weight is 464 g/mol. The first-order valence-corrected chi connectivity index (χ1v) is 13.1. The first kappa shape index (κ1) is 22.7. The van der Waals surface area contributed by atoms with E-state index in [0.717, 1.165) is 6.42 Å². The zero-order valence-corrected chi connectivity index (χ0v) is 21.6. The summed E-state index contributed by atoms with van der Waals surface area (Å²) in [5, 5.41) is 3.48. The first-order valence-electron chi connectivity index (χ1n) is 12.2. The first-order chi connectivity index (χ1) is 16.3. The lowest BCUT2D eigenvalue weighted by atomic mass is 9.84. The van der Waals surface area contributed by atoms with Crippen molar-refractivity contribution in [2.75, 3.05) is 0 Å². The lowest BCUT2D eigenvalue weighted by molar-refractivity contribution is 0.585. The van der Waals surface area contributed by atoms with Gasteiger partial charge in [0.25, 0.3) is 0 Å². The Morgan fingerprint density at radius 1 is 0.824 bits per heavy atom. The molecule has 0 saturated carbocycles. The molecule has 2 heterocycles. The van der Waals surface area contributed by atoms with Crippen molar-refractivity contribution in [3.63, 3.8) is 0 Å². The summed E-state index contributed by atoms with van der Waals surface area (Å²) in [7, 11) is 0. The van der Waals surface area contributed by atoms with Gasteiger partial charge in [-0.1, -0.05) is 95.3 Å². The molecular weight excluding hydrogens is 430 g/mol. The van der Waals surface area contributed by atoms with Gasteiger partial charge in [0, 0.05) is 21.5 Å². The molecule has 0 atom stereocenters. The second-order valence-electron chi connectivity index (χ2n) is 10.7. The summed E-state index contributed by atoms with van der Waals surface area (Å²) in [6, 6.07) is 31.4. The van der Waals surface area contributed by atoms with Crippen LogP contribution >= 0.6 is 11.3 Å². The molecule has 5 aromatic rings. The standard InChI is InChI=1S/C32H33NS/c1-22(2)18-23-19-25(32(3,4)5)21-26(20-23)33-28-15-10-9-14-27(28)30(29-16-11-17-34-29)31(33)24-12-7-6-8-13-24/h6-17,19-22H,18H2,1-5H3. The molecule has 0 unspecified atom stereocenters. The van der Waals surface area contributed by atoms with E-state index in [1.165, 1.54) is 49.4 Å². The van der Waals surface area contributed by atoms with Gasteiger partial charge in [-0.3, -0.25) is 0 Å². The van der Waals surface area contributed by atoms with E-state index in [1.807, 2.05) is 11.3 Å². The van der Waals surface area contributed by atoms with Gasteiger partial charge in [0.05, 0.1) is 11.2 Å². The summed E-state index contributed by atoms with van der Waals surface area (Å²) in [6.45, 7) is 11.5. The third-order valence-electron chi connectivity index (χ3n) is 6.44. The Hall–Kier alpha value is -3.10. The van der Waals surface area contributed by atoms with Crippen molar-refractivity contribution < 1.29 is 0 Å². The quantitative estimate of drug-likeness (QED) is 0.244. The smallest absolute Gasteiger partial charge is 0.0627 e. The Kier molecular flexibility index (Phi) is 5.95. The number of rotatable bonds is 5. The van der Waals surface area contributed by atoms with E-state index in [-0.39, 0.29) is 5.41 Å². The number of nitrogens with zero attached hydrogens (tertiary/aromatic N) is 1. The minimum absolute atomic E-state index is 0.0776. The summed E-state index contributed by atoms with van der Waals surface area (Å²) >= 11 is 1.81. The molecule has 0 aliphatic rings. The van der Waals surface area contributed by atoms with Gasteiger partial charge in [-0.15, -0.1) is 11.3 Å². The fourth-order valence-electron chi connectivity index (χ4n) is 4.87. The molecule has 3 aromatic carbocycles. The molecule has 0 N–H and O–H groups in total. The van der Waals surface area contributed by atoms with Crippen LogP contribution in [-0.4, -0.2) is 4.57 Å². The fourth-order valence-corrected chi connectivity index (χ4v) is 5.66. The number of hydrogen-bond donors (Lipinski definition) is 0. The van der Waals surface area contributed by atoms with E-state index in [4.69, 9.17) is 0 Å². The van der Waals surface area contributed by atoms with Gasteiger partial charge in [-0.25, -0.2) is 0 Å². The van der Waals surface area contributed by atoms with Crippen LogP contribution in [0.4, 0.5) is 0 Å². The zero-order chi connectivity index (χ0) is 23.9. The minimum atomic E-state index is 0.0776. The van der Waals surface area contributed by atoms with Crippen LogP contribution in [0.1, 0.15) is 45.7 Å². The van der Waals surface area contributed by atoms with Gasteiger partial charge in [0.1, 0.15) is 0 Å². The van der Waals surface area contributed by atoms with E-state index < -0.39 is 0 Å². The van der Waals surface area contributed by atoms with Crippen LogP contribution in [0, 0.1) is 5.92 Å². The van der Waals surface area contributed by atoms with Crippen LogP contribution in [-0.2, 0) is 11.8 Å². The van der Waals surface area contributed by atoms with Gasteiger partial charge < -0.3 is 4.57 Å². The highest BCUT2D eigenvalue weighted by molar-refractivity contribution is 7.13. The van der Waals surface area contributed by atoms with E-state index in [1.54, 1.807) is 0 Å². The third kappa shape index (κ3) is 4.23. The van der Waals surface area contributed by atoms with Crippen LogP contribution in [0.2, 0.25) is 0 Å². The summed E-state index contributed by atoms with van der Waals surface area (Å²) in [5.41, 5.74) is 9.21. The van der Waals surface area contributed by atoms with Crippen molar-refractivity contribution in [1.29, 1.82) is 0 Å². The Morgan fingerprint density at radius 3 is 2.24 bits per heavy atom. The number of para-hydroxylation sites is 1. The highest BCUT2D eigenvalue weighted by Gasteiger charge is 2.23. The molecule has 0 spiro atoms. The normalized spacial score (nSPS) is 12.1. The van der Waals surface area contributed by atoms with Gasteiger partial charge in [0.2, 0.25) is 0 Å². The molecule has 172 valence electrons. The molecule has 0 saturated heterocycles. The largest absolute Gasteiger partial charge is 0.309 e. The van der Waals surface area contributed by atoms with Crippen LogP contribution in [0.5, 0.6) is 0 Å². The lowest BCUT2D eigenvalue weighted by Crippen LogP contribution is -2.13. The number of aromatic nitrogens is 1. The Balaban J connectivity index is 1.90. The Labute approximate surface area is 207 Å². The second-order valence-corrected chi connectivity index (χ2v) is 11.6. The topological polar surface area (TPSA) is 4.93 Å². The van der Waals surface area contributed by atoms with Crippen LogP contribution in [0.25, 0.3) is 38.3 Å². The van der Waals surface area contributed by atoms with E-state index in [2.05, 4.69) is 129 Å². The maximum atomic E-state index is 2.50. The number of fused-ring (bicyclic) bond motifs is 1. The van der Waals surface area contributed by atoms with E-state index >= 15 is 0 Å². The summed E-state index contributed by atoms with van der Waals surface area (Å²) in [5.74, 6) is 0.611. The summed E-state index contributed by atoms with van der Waals surface area (Å²) in [4.78, 5) is 1.31. The minimum Gasteiger partial charge on any atom is -0.309 e. The zero-order valence-electron chi connectivity index (χ0n) is 20.8.